The molecule has 0 aliphatic carbocycles. The van der Waals surface area contributed by atoms with Crippen molar-refractivity contribution in [1.29, 1.82) is 0 Å². The predicted molar refractivity (Wildman–Crippen MR) is 111 cm³/mol. The van der Waals surface area contributed by atoms with E-state index in [9.17, 15) is 4.79 Å². The highest BCUT2D eigenvalue weighted by atomic mass is 16.5. The molecule has 1 fully saturated rings. The summed E-state index contributed by atoms with van der Waals surface area (Å²) in [4.78, 5) is 15.1. The van der Waals surface area contributed by atoms with Gasteiger partial charge in [0.25, 0.3) is 5.91 Å². The molecule has 6 heteroatoms. The summed E-state index contributed by atoms with van der Waals surface area (Å²) in [5.74, 6) is 1.66. The van der Waals surface area contributed by atoms with Gasteiger partial charge in [0.2, 0.25) is 5.75 Å². The van der Waals surface area contributed by atoms with Crippen LogP contribution in [-0.2, 0) is 11.3 Å². The Labute approximate surface area is 172 Å². The van der Waals surface area contributed by atoms with E-state index in [1.165, 1.54) is 0 Å². The highest BCUT2D eigenvalue weighted by Crippen LogP contribution is 2.38. The normalized spacial score (nSPS) is 15.8. The number of aryl methyl sites for hydroxylation is 1. The van der Waals surface area contributed by atoms with Crippen LogP contribution in [-0.4, -0.2) is 51.4 Å². The number of hydrogen-bond donors (Lipinski definition) is 0. The number of carbonyl (C=O) groups is 1. The molecule has 6 nitrogen and oxygen atoms in total. The molecule has 1 aliphatic rings. The third kappa shape index (κ3) is 5.01. The third-order valence-electron chi connectivity index (χ3n) is 5.13. The minimum absolute atomic E-state index is 0.0192. The first kappa shape index (κ1) is 21.0. The van der Waals surface area contributed by atoms with E-state index in [1.807, 2.05) is 48.2 Å². The van der Waals surface area contributed by atoms with Gasteiger partial charge in [-0.2, -0.15) is 0 Å². The van der Waals surface area contributed by atoms with Crippen molar-refractivity contribution in [2.75, 3.05) is 34.5 Å². The van der Waals surface area contributed by atoms with Gasteiger partial charge in [0.15, 0.2) is 11.5 Å². The Morgan fingerprint density at radius 2 is 1.72 bits per heavy atom. The van der Waals surface area contributed by atoms with Crippen LogP contribution in [0.25, 0.3) is 0 Å². The Balaban J connectivity index is 1.89. The SMILES string of the molecule is COc1cc(CN(CC2CCCO2)C(=O)c2ccc(C)cc2)cc(OC)c1OC. The summed E-state index contributed by atoms with van der Waals surface area (Å²) in [5.41, 5.74) is 2.69. The number of nitrogens with zero attached hydrogens (tertiary/aromatic N) is 1. The lowest BCUT2D eigenvalue weighted by atomic mass is 10.1. The van der Waals surface area contributed by atoms with Crippen LogP contribution in [0, 0.1) is 6.92 Å². The maximum Gasteiger partial charge on any atom is 0.254 e. The van der Waals surface area contributed by atoms with Gasteiger partial charge in [0.1, 0.15) is 0 Å². The summed E-state index contributed by atoms with van der Waals surface area (Å²) in [6.45, 7) is 3.72. The molecule has 0 aromatic heterocycles. The van der Waals surface area contributed by atoms with E-state index < -0.39 is 0 Å². The lowest BCUT2D eigenvalue weighted by molar-refractivity contribution is 0.0507. The Morgan fingerprint density at radius 3 is 2.24 bits per heavy atom. The van der Waals surface area contributed by atoms with Crippen molar-refractivity contribution in [3.63, 3.8) is 0 Å². The van der Waals surface area contributed by atoms with E-state index in [1.54, 1.807) is 21.3 Å². The number of benzene rings is 2. The molecule has 3 rings (SSSR count). The van der Waals surface area contributed by atoms with Gasteiger partial charge in [-0.25, -0.2) is 0 Å². The summed E-state index contributed by atoms with van der Waals surface area (Å²) >= 11 is 0. The first-order valence-electron chi connectivity index (χ1n) is 9.82. The summed E-state index contributed by atoms with van der Waals surface area (Å²) < 4.78 is 22.1. The minimum Gasteiger partial charge on any atom is -0.493 e. The second-order valence-electron chi connectivity index (χ2n) is 7.22. The van der Waals surface area contributed by atoms with E-state index >= 15 is 0 Å². The maximum atomic E-state index is 13.3. The van der Waals surface area contributed by atoms with Crippen LogP contribution in [0.2, 0.25) is 0 Å². The van der Waals surface area contributed by atoms with E-state index in [-0.39, 0.29) is 12.0 Å². The molecule has 29 heavy (non-hydrogen) atoms. The second-order valence-corrected chi connectivity index (χ2v) is 7.22. The van der Waals surface area contributed by atoms with Crippen molar-refractivity contribution in [3.8, 4) is 17.2 Å². The molecular weight excluding hydrogens is 370 g/mol. The molecule has 1 saturated heterocycles. The molecule has 0 radical (unpaired) electrons. The zero-order valence-electron chi connectivity index (χ0n) is 17.6. The smallest absolute Gasteiger partial charge is 0.254 e. The number of ether oxygens (including phenoxy) is 4. The minimum atomic E-state index is -0.0192. The number of carbonyl (C=O) groups excluding carboxylic acids is 1. The Kier molecular flexibility index (Phi) is 6.99. The number of amides is 1. The summed E-state index contributed by atoms with van der Waals surface area (Å²) in [6.07, 6.45) is 2.06. The average Bonchev–Trinajstić information content (AvgIpc) is 3.25. The number of hydrogen-bond acceptors (Lipinski definition) is 5. The zero-order valence-corrected chi connectivity index (χ0v) is 17.6. The van der Waals surface area contributed by atoms with Crippen LogP contribution >= 0.6 is 0 Å². The molecule has 2 aromatic carbocycles. The molecule has 0 bridgehead atoms. The average molecular weight is 399 g/mol. The fourth-order valence-corrected chi connectivity index (χ4v) is 3.58. The molecule has 1 heterocycles. The standard InChI is InChI=1S/C23H29NO5/c1-16-7-9-18(10-8-16)23(25)24(15-19-6-5-11-29-19)14-17-12-20(26-2)22(28-4)21(13-17)27-3/h7-10,12-13,19H,5-6,11,14-15H2,1-4H3. The van der Waals surface area contributed by atoms with Gasteiger partial charge >= 0.3 is 0 Å². The van der Waals surface area contributed by atoms with Gasteiger partial charge < -0.3 is 23.8 Å². The van der Waals surface area contributed by atoms with Gasteiger partial charge in [-0.1, -0.05) is 17.7 Å². The molecule has 1 amide bonds. The lowest BCUT2D eigenvalue weighted by Crippen LogP contribution is -2.37. The third-order valence-corrected chi connectivity index (χ3v) is 5.13. The lowest BCUT2D eigenvalue weighted by Gasteiger charge is -2.26. The molecule has 1 unspecified atom stereocenters. The van der Waals surface area contributed by atoms with E-state index in [0.29, 0.717) is 35.9 Å². The quantitative estimate of drug-likeness (QED) is 0.675. The van der Waals surface area contributed by atoms with Crippen LogP contribution in [0.3, 0.4) is 0 Å². The van der Waals surface area contributed by atoms with Crippen LogP contribution < -0.4 is 14.2 Å². The summed E-state index contributed by atoms with van der Waals surface area (Å²) in [5, 5.41) is 0. The van der Waals surface area contributed by atoms with Gasteiger partial charge in [-0.3, -0.25) is 4.79 Å². The molecule has 0 spiro atoms. The van der Waals surface area contributed by atoms with Gasteiger partial charge in [-0.05, 0) is 49.6 Å². The molecule has 1 aliphatic heterocycles. The van der Waals surface area contributed by atoms with E-state index in [2.05, 4.69) is 0 Å². The van der Waals surface area contributed by atoms with Crippen molar-refractivity contribution in [1.82, 2.24) is 4.90 Å². The van der Waals surface area contributed by atoms with Crippen molar-refractivity contribution in [2.24, 2.45) is 0 Å². The van der Waals surface area contributed by atoms with E-state index in [0.717, 1.165) is 30.6 Å². The Hall–Kier alpha value is -2.73. The largest absolute Gasteiger partial charge is 0.493 e. The Morgan fingerprint density at radius 1 is 1.07 bits per heavy atom. The van der Waals surface area contributed by atoms with E-state index in [4.69, 9.17) is 18.9 Å². The van der Waals surface area contributed by atoms with Crippen LogP contribution in [0.15, 0.2) is 36.4 Å². The first-order valence-corrected chi connectivity index (χ1v) is 9.82. The molecule has 1 atom stereocenters. The van der Waals surface area contributed by atoms with Crippen LogP contribution in [0.5, 0.6) is 17.2 Å². The summed E-state index contributed by atoms with van der Waals surface area (Å²) in [7, 11) is 4.75. The van der Waals surface area contributed by atoms with Crippen molar-refractivity contribution >= 4 is 5.91 Å². The summed E-state index contributed by atoms with van der Waals surface area (Å²) in [6, 6.07) is 11.4. The fourth-order valence-electron chi connectivity index (χ4n) is 3.58. The van der Waals surface area contributed by atoms with Crippen LogP contribution in [0.1, 0.15) is 34.3 Å². The van der Waals surface area contributed by atoms with Crippen molar-refractivity contribution in [2.45, 2.75) is 32.4 Å². The molecular formula is C23H29NO5. The number of methoxy groups -OCH3 is 3. The molecule has 156 valence electrons. The fraction of sp³-hybridized carbons (Fsp3) is 0.435. The topological polar surface area (TPSA) is 57.2 Å². The highest BCUT2D eigenvalue weighted by molar-refractivity contribution is 5.94. The molecule has 0 saturated carbocycles. The Bertz CT molecular complexity index is 803. The van der Waals surface area contributed by atoms with Crippen molar-refractivity contribution < 1.29 is 23.7 Å². The molecule has 0 N–H and O–H groups in total. The number of rotatable bonds is 8. The first-order chi connectivity index (χ1) is 14.0. The van der Waals surface area contributed by atoms with Crippen LogP contribution in [0.4, 0.5) is 0 Å². The van der Waals surface area contributed by atoms with Crippen molar-refractivity contribution in [3.05, 3.63) is 53.1 Å². The maximum absolute atomic E-state index is 13.3. The van der Waals surface area contributed by atoms with Gasteiger partial charge in [-0.15, -0.1) is 0 Å². The molecule has 2 aromatic rings. The van der Waals surface area contributed by atoms with Gasteiger partial charge in [0, 0.05) is 25.3 Å². The van der Waals surface area contributed by atoms with Gasteiger partial charge in [0.05, 0.1) is 27.4 Å². The second kappa shape index (κ2) is 9.65. The predicted octanol–water partition coefficient (Wildman–Crippen LogP) is 3.84. The zero-order chi connectivity index (χ0) is 20.8. The highest BCUT2D eigenvalue weighted by Gasteiger charge is 2.24. The monoisotopic (exact) mass is 399 g/mol.